The molecule has 1 unspecified atom stereocenters. The summed E-state index contributed by atoms with van der Waals surface area (Å²) in [6, 6.07) is 11.7. The number of carbonyl (C=O) groups is 2. The van der Waals surface area contributed by atoms with Gasteiger partial charge in [-0.05, 0) is 43.2 Å². The third-order valence-electron chi connectivity index (χ3n) is 5.77. The number of para-hydroxylation sites is 1. The highest BCUT2D eigenvalue weighted by Crippen LogP contribution is 2.30. The van der Waals surface area contributed by atoms with Gasteiger partial charge in [-0.3, -0.25) is 4.79 Å². The quantitative estimate of drug-likeness (QED) is 0.589. The molecule has 2 heterocycles. The van der Waals surface area contributed by atoms with Crippen LogP contribution in [0.3, 0.4) is 0 Å². The number of ether oxygens (including phenoxy) is 3. The van der Waals surface area contributed by atoms with Crippen LogP contribution in [0.2, 0.25) is 0 Å². The number of sulfonamides is 1. The van der Waals surface area contributed by atoms with E-state index in [1.54, 1.807) is 4.90 Å². The molecule has 0 aromatic heterocycles. The predicted octanol–water partition coefficient (Wildman–Crippen LogP) is 1.85. The second-order valence-corrected chi connectivity index (χ2v) is 9.70. The molecular weight excluding hydrogens is 448 g/mol. The van der Waals surface area contributed by atoms with Gasteiger partial charge in [0.05, 0.1) is 25.9 Å². The Morgan fingerprint density at radius 2 is 1.79 bits per heavy atom. The van der Waals surface area contributed by atoms with Crippen LogP contribution in [0.4, 0.5) is 5.69 Å². The third-order valence-corrected chi connectivity index (χ3v) is 7.69. The molecule has 2 aliphatic heterocycles. The number of esters is 1. The maximum Gasteiger partial charge on any atom is 0.338 e. The zero-order valence-corrected chi connectivity index (χ0v) is 19.3. The molecule has 10 heteroatoms. The molecule has 1 atom stereocenters. The monoisotopic (exact) mass is 474 g/mol. The van der Waals surface area contributed by atoms with Crippen LogP contribution >= 0.6 is 0 Å². The van der Waals surface area contributed by atoms with Crippen molar-refractivity contribution >= 4 is 27.6 Å². The number of hydrogen-bond donors (Lipinski definition) is 0. The highest BCUT2D eigenvalue weighted by atomic mass is 32.2. The van der Waals surface area contributed by atoms with Gasteiger partial charge in [0.2, 0.25) is 10.0 Å². The van der Waals surface area contributed by atoms with E-state index in [9.17, 15) is 18.0 Å². The molecule has 0 N–H and O–H groups in total. The normalized spacial score (nSPS) is 17.3. The van der Waals surface area contributed by atoms with Crippen molar-refractivity contribution in [3.05, 3.63) is 53.6 Å². The second kappa shape index (κ2) is 9.50. The van der Waals surface area contributed by atoms with Crippen molar-refractivity contribution in [1.82, 2.24) is 4.31 Å². The van der Waals surface area contributed by atoms with Gasteiger partial charge in [0.25, 0.3) is 5.91 Å². The van der Waals surface area contributed by atoms with Crippen LogP contribution in [0.25, 0.3) is 0 Å². The van der Waals surface area contributed by atoms with Crippen LogP contribution in [0.5, 0.6) is 5.75 Å². The van der Waals surface area contributed by atoms with Crippen molar-refractivity contribution in [3.63, 3.8) is 0 Å². The van der Waals surface area contributed by atoms with Crippen molar-refractivity contribution < 1.29 is 32.2 Å². The number of hydrogen-bond acceptors (Lipinski definition) is 7. The standard InChI is InChI=1S/C23H26N2O7S/c1-16(22(26)25-10-9-17-5-3-4-6-19(17)25)32-23(27)18-7-8-20(30-2)21(15-18)33(28,29)24-11-13-31-14-12-24/h3-8,15-16H,9-14H2,1-2H3. The molecule has 4 rings (SSSR count). The highest BCUT2D eigenvalue weighted by molar-refractivity contribution is 7.89. The summed E-state index contributed by atoms with van der Waals surface area (Å²) in [4.78, 5) is 27.2. The molecule has 2 aromatic rings. The van der Waals surface area contributed by atoms with Crippen molar-refractivity contribution in [2.75, 3.05) is 44.9 Å². The Kier molecular flexibility index (Phi) is 6.68. The van der Waals surface area contributed by atoms with Gasteiger partial charge in [-0.1, -0.05) is 18.2 Å². The molecule has 176 valence electrons. The van der Waals surface area contributed by atoms with E-state index in [0.29, 0.717) is 19.8 Å². The van der Waals surface area contributed by atoms with E-state index in [1.165, 1.54) is 36.5 Å². The fourth-order valence-electron chi connectivity index (χ4n) is 4.00. The van der Waals surface area contributed by atoms with Crippen molar-refractivity contribution in [2.45, 2.75) is 24.3 Å². The Balaban J connectivity index is 1.52. The first-order valence-electron chi connectivity index (χ1n) is 10.7. The second-order valence-electron chi connectivity index (χ2n) is 7.80. The number of nitrogens with zero attached hydrogens (tertiary/aromatic N) is 2. The van der Waals surface area contributed by atoms with E-state index in [1.807, 2.05) is 24.3 Å². The minimum Gasteiger partial charge on any atom is -0.495 e. The number of morpholine rings is 1. The molecule has 2 aromatic carbocycles. The van der Waals surface area contributed by atoms with Crippen molar-refractivity contribution in [1.29, 1.82) is 0 Å². The SMILES string of the molecule is COc1ccc(C(=O)OC(C)C(=O)N2CCc3ccccc32)cc1S(=O)(=O)N1CCOCC1. The van der Waals surface area contributed by atoms with Crippen LogP contribution in [0.15, 0.2) is 47.4 Å². The van der Waals surface area contributed by atoms with Gasteiger partial charge in [-0.15, -0.1) is 0 Å². The molecule has 0 radical (unpaired) electrons. The van der Waals surface area contributed by atoms with Gasteiger partial charge in [0, 0.05) is 25.3 Å². The molecule has 9 nitrogen and oxygen atoms in total. The molecule has 33 heavy (non-hydrogen) atoms. The number of anilines is 1. The fourth-order valence-corrected chi connectivity index (χ4v) is 5.59. The summed E-state index contributed by atoms with van der Waals surface area (Å²) in [6.07, 6.45) is -0.297. The number of fused-ring (bicyclic) bond motifs is 1. The average molecular weight is 475 g/mol. The first-order valence-corrected chi connectivity index (χ1v) is 12.1. The fraction of sp³-hybridized carbons (Fsp3) is 0.391. The lowest BCUT2D eigenvalue weighted by atomic mass is 10.2. The lowest BCUT2D eigenvalue weighted by molar-refractivity contribution is -0.126. The summed E-state index contributed by atoms with van der Waals surface area (Å²) in [5.74, 6) is -0.997. The summed E-state index contributed by atoms with van der Waals surface area (Å²) in [5.41, 5.74) is 1.90. The summed E-state index contributed by atoms with van der Waals surface area (Å²) < 4.78 is 43.4. The molecule has 0 bridgehead atoms. The van der Waals surface area contributed by atoms with E-state index >= 15 is 0 Å². The molecular formula is C23H26N2O7S. The van der Waals surface area contributed by atoms with Crippen LogP contribution in [0, 0.1) is 0 Å². The van der Waals surface area contributed by atoms with Crippen LogP contribution in [-0.2, 0) is 30.7 Å². The minimum atomic E-state index is -3.91. The Labute approximate surface area is 192 Å². The molecule has 2 aliphatic rings. The number of carbonyl (C=O) groups excluding carboxylic acids is 2. The highest BCUT2D eigenvalue weighted by Gasteiger charge is 2.32. The predicted molar refractivity (Wildman–Crippen MR) is 120 cm³/mol. The topological polar surface area (TPSA) is 102 Å². The Hall–Kier alpha value is -2.95. The molecule has 0 saturated carbocycles. The summed E-state index contributed by atoms with van der Waals surface area (Å²) in [5, 5.41) is 0. The van der Waals surface area contributed by atoms with E-state index in [4.69, 9.17) is 14.2 Å². The van der Waals surface area contributed by atoms with Gasteiger partial charge in [-0.2, -0.15) is 4.31 Å². The van der Waals surface area contributed by atoms with Gasteiger partial charge >= 0.3 is 5.97 Å². The molecule has 1 saturated heterocycles. The van der Waals surface area contributed by atoms with Crippen LogP contribution in [-0.4, -0.2) is 70.7 Å². The summed E-state index contributed by atoms with van der Waals surface area (Å²) in [7, 11) is -2.55. The van der Waals surface area contributed by atoms with Gasteiger partial charge < -0.3 is 19.1 Å². The lowest BCUT2D eigenvalue weighted by Gasteiger charge is -2.27. The zero-order chi connectivity index (χ0) is 23.6. The minimum absolute atomic E-state index is 0.0177. The van der Waals surface area contributed by atoms with Crippen LogP contribution in [0.1, 0.15) is 22.8 Å². The van der Waals surface area contributed by atoms with Gasteiger partial charge in [0.1, 0.15) is 10.6 Å². The maximum atomic E-state index is 13.1. The van der Waals surface area contributed by atoms with Gasteiger partial charge in [-0.25, -0.2) is 13.2 Å². The Bertz CT molecular complexity index is 1160. The third kappa shape index (κ3) is 4.59. The molecule has 0 spiro atoms. The maximum absolute atomic E-state index is 13.1. The molecule has 1 fully saturated rings. The van der Waals surface area contributed by atoms with E-state index in [0.717, 1.165) is 17.7 Å². The van der Waals surface area contributed by atoms with E-state index in [-0.39, 0.29) is 35.2 Å². The lowest BCUT2D eigenvalue weighted by Crippen LogP contribution is -2.40. The summed E-state index contributed by atoms with van der Waals surface area (Å²) >= 11 is 0. The number of amides is 1. The Morgan fingerprint density at radius 3 is 2.52 bits per heavy atom. The molecule has 1 amide bonds. The number of benzene rings is 2. The van der Waals surface area contributed by atoms with Gasteiger partial charge in [0.15, 0.2) is 6.10 Å². The first-order chi connectivity index (χ1) is 15.8. The number of rotatable bonds is 6. The largest absolute Gasteiger partial charge is 0.495 e. The Morgan fingerprint density at radius 1 is 1.06 bits per heavy atom. The number of methoxy groups -OCH3 is 1. The zero-order valence-electron chi connectivity index (χ0n) is 18.5. The van der Waals surface area contributed by atoms with E-state index < -0.39 is 22.1 Å². The van der Waals surface area contributed by atoms with Crippen LogP contribution < -0.4 is 9.64 Å². The molecule has 0 aliphatic carbocycles. The average Bonchev–Trinajstić information content (AvgIpc) is 3.27. The first kappa shape index (κ1) is 23.2. The van der Waals surface area contributed by atoms with E-state index in [2.05, 4.69) is 0 Å². The smallest absolute Gasteiger partial charge is 0.338 e. The van der Waals surface area contributed by atoms with Crippen molar-refractivity contribution in [3.8, 4) is 5.75 Å². The summed E-state index contributed by atoms with van der Waals surface area (Å²) in [6.45, 7) is 3.04. The van der Waals surface area contributed by atoms with Crippen molar-refractivity contribution in [2.24, 2.45) is 0 Å².